The molecule has 0 spiro atoms. The lowest BCUT2D eigenvalue weighted by atomic mass is 10.4. The Balaban J connectivity index is 2.26. The Labute approximate surface area is 80.8 Å². The molecule has 13 heavy (non-hydrogen) atoms. The molecule has 0 aliphatic rings. The summed E-state index contributed by atoms with van der Waals surface area (Å²) < 4.78 is 4.77. The van der Waals surface area contributed by atoms with Crippen molar-refractivity contribution >= 4 is 16.5 Å². The number of hydrogen-bond acceptors (Lipinski definition) is 6. The van der Waals surface area contributed by atoms with E-state index in [0.717, 1.165) is 10.1 Å². The van der Waals surface area contributed by atoms with Crippen LogP contribution in [0.2, 0.25) is 0 Å². The predicted octanol–water partition coefficient (Wildman–Crippen LogP) is 0.266. The normalized spacial score (nSPS) is 12.8. The molecule has 5 nitrogen and oxygen atoms in total. The van der Waals surface area contributed by atoms with Crippen molar-refractivity contribution in [2.45, 2.75) is 13.0 Å². The van der Waals surface area contributed by atoms with Gasteiger partial charge < -0.3 is 15.2 Å². The first kappa shape index (κ1) is 10.4. The summed E-state index contributed by atoms with van der Waals surface area (Å²) in [4.78, 5) is 0. The minimum atomic E-state index is -0.505. The number of aryl methyl sites for hydroxylation is 1. The topological polar surface area (TPSA) is 67.3 Å². The quantitative estimate of drug-likeness (QED) is 0.718. The number of aliphatic hydroxyl groups is 1. The zero-order valence-corrected chi connectivity index (χ0v) is 8.47. The molecule has 1 heterocycles. The first-order valence-electron chi connectivity index (χ1n) is 3.93. The van der Waals surface area contributed by atoms with Gasteiger partial charge in [0.15, 0.2) is 0 Å². The zero-order valence-electron chi connectivity index (χ0n) is 7.65. The molecule has 0 aliphatic carbocycles. The summed E-state index contributed by atoms with van der Waals surface area (Å²) in [5, 5.41) is 21.6. The van der Waals surface area contributed by atoms with Crippen LogP contribution in [0.5, 0.6) is 0 Å². The SMILES string of the molecule is COCC(O)CNc1nnc(C)s1. The van der Waals surface area contributed by atoms with Crippen LogP contribution in [0.3, 0.4) is 0 Å². The van der Waals surface area contributed by atoms with Gasteiger partial charge in [-0.05, 0) is 6.92 Å². The Morgan fingerprint density at radius 1 is 1.62 bits per heavy atom. The smallest absolute Gasteiger partial charge is 0.205 e. The highest BCUT2D eigenvalue weighted by atomic mass is 32.1. The molecule has 6 heteroatoms. The van der Waals surface area contributed by atoms with E-state index in [1.807, 2.05) is 6.92 Å². The molecule has 74 valence electrons. The van der Waals surface area contributed by atoms with Crippen LogP contribution in [-0.4, -0.2) is 41.7 Å². The minimum Gasteiger partial charge on any atom is -0.389 e. The van der Waals surface area contributed by atoms with Gasteiger partial charge in [0.1, 0.15) is 5.01 Å². The van der Waals surface area contributed by atoms with Crippen LogP contribution in [0.25, 0.3) is 0 Å². The van der Waals surface area contributed by atoms with Crippen molar-refractivity contribution in [2.75, 3.05) is 25.6 Å². The summed E-state index contributed by atoms with van der Waals surface area (Å²) in [5.74, 6) is 0. The molecule has 1 rings (SSSR count). The van der Waals surface area contributed by atoms with Crippen LogP contribution >= 0.6 is 11.3 Å². The Bertz CT molecular complexity index is 254. The van der Waals surface area contributed by atoms with E-state index < -0.39 is 6.10 Å². The summed E-state index contributed by atoms with van der Waals surface area (Å²) in [6, 6.07) is 0. The lowest BCUT2D eigenvalue weighted by Crippen LogP contribution is -2.24. The van der Waals surface area contributed by atoms with Gasteiger partial charge in [-0.15, -0.1) is 10.2 Å². The van der Waals surface area contributed by atoms with Crippen molar-refractivity contribution in [3.63, 3.8) is 0 Å². The molecule has 0 aliphatic heterocycles. The number of aromatic nitrogens is 2. The molecular weight excluding hydrogens is 190 g/mol. The number of aliphatic hydroxyl groups excluding tert-OH is 1. The fourth-order valence-corrected chi connectivity index (χ4v) is 1.42. The van der Waals surface area contributed by atoms with Gasteiger partial charge in [0.25, 0.3) is 0 Å². The lowest BCUT2D eigenvalue weighted by molar-refractivity contribution is 0.0727. The second-order valence-corrected chi connectivity index (χ2v) is 3.80. The van der Waals surface area contributed by atoms with Crippen LogP contribution < -0.4 is 5.32 Å². The standard InChI is InChI=1S/C7H13N3O2S/c1-5-9-10-7(13-5)8-3-6(11)4-12-2/h6,11H,3-4H2,1-2H3,(H,8,10). The van der Waals surface area contributed by atoms with Gasteiger partial charge in [-0.2, -0.15) is 0 Å². The lowest BCUT2D eigenvalue weighted by Gasteiger charge is -2.08. The number of hydrogen-bond donors (Lipinski definition) is 2. The number of rotatable bonds is 5. The molecule has 0 fully saturated rings. The molecule has 1 unspecified atom stereocenters. The molecule has 0 aromatic carbocycles. The molecule has 0 amide bonds. The Kier molecular flexibility index (Phi) is 4.07. The molecule has 0 saturated carbocycles. The summed E-state index contributed by atoms with van der Waals surface area (Å²) in [6.07, 6.45) is -0.505. The van der Waals surface area contributed by atoms with E-state index in [1.165, 1.54) is 11.3 Å². The third-order valence-electron chi connectivity index (χ3n) is 1.37. The van der Waals surface area contributed by atoms with Crippen LogP contribution in [0, 0.1) is 6.92 Å². The second-order valence-electron chi connectivity index (χ2n) is 2.62. The van der Waals surface area contributed by atoms with Crippen molar-refractivity contribution in [3.8, 4) is 0 Å². The molecular formula is C7H13N3O2S. The average Bonchev–Trinajstić information content (AvgIpc) is 2.49. The van der Waals surface area contributed by atoms with Crippen molar-refractivity contribution < 1.29 is 9.84 Å². The number of nitrogens with zero attached hydrogens (tertiary/aromatic N) is 2. The van der Waals surface area contributed by atoms with Crippen molar-refractivity contribution in [3.05, 3.63) is 5.01 Å². The summed E-state index contributed by atoms with van der Waals surface area (Å²) in [7, 11) is 1.55. The van der Waals surface area contributed by atoms with Crippen LogP contribution in [0.15, 0.2) is 0 Å². The third kappa shape index (κ3) is 3.67. The number of methoxy groups -OCH3 is 1. The van der Waals surface area contributed by atoms with Gasteiger partial charge in [0, 0.05) is 13.7 Å². The molecule has 2 N–H and O–H groups in total. The van der Waals surface area contributed by atoms with Crippen molar-refractivity contribution in [1.29, 1.82) is 0 Å². The minimum absolute atomic E-state index is 0.324. The number of nitrogens with one attached hydrogen (secondary N) is 1. The van der Waals surface area contributed by atoms with E-state index in [4.69, 9.17) is 4.74 Å². The average molecular weight is 203 g/mol. The third-order valence-corrected chi connectivity index (χ3v) is 2.17. The number of ether oxygens (including phenoxy) is 1. The molecule has 0 bridgehead atoms. The van der Waals surface area contributed by atoms with E-state index in [9.17, 15) is 5.11 Å². The van der Waals surface area contributed by atoms with E-state index in [2.05, 4.69) is 15.5 Å². The van der Waals surface area contributed by atoms with Gasteiger partial charge >= 0.3 is 0 Å². The maximum Gasteiger partial charge on any atom is 0.205 e. The van der Waals surface area contributed by atoms with E-state index in [1.54, 1.807) is 7.11 Å². The van der Waals surface area contributed by atoms with Crippen molar-refractivity contribution in [2.24, 2.45) is 0 Å². The Hall–Kier alpha value is -0.720. The van der Waals surface area contributed by atoms with Crippen molar-refractivity contribution in [1.82, 2.24) is 10.2 Å². The number of anilines is 1. The van der Waals surface area contributed by atoms with Crippen LogP contribution in [-0.2, 0) is 4.74 Å². The molecule has 0 saturated heterocycles. The first-order valence-corrected chi connectivity index (χ1v) is 4.75. The fourth-order valence-electron chi connectivity index (χ4n) is 0.824. The van der Waals surface area contributed by atoms with E-state index in [-0.39, 0.29) is 0 Å². The fraction of sp³-hybridized carbons (Fsp3) is 0.714. The van der Waals surface area contributed by atoms with Crippen LogP contribution in [0.1, 0.15) is 5.01 Å². The largest absolute Gasteiger partial charge is 0.389 e. The highest BCUT2D eigenvalue weighted by Gasteiger charge is 2.04. The van der Waals surface area contributed by atoms with Gasteiger partial charge in [-0.1, -0.05) is 11.3 Å². The summed E-state index contributed by atoms with van der Waals surface area (Å²) >= 11 is 1.46. The summed E-state index contributed by atoms with van der Waals surface area (Å²) in [5.41, 5.74) is 0. The maximum atomic E-state index is 9.29. The maximum absolute atomic E-state index is 9.29. The molecule has 1 aromatic rings. The Morgan fingerprint density at radius 3 is 2.92 bits per heavy atom. The van der Waals surface area contributed by atoms with Gasteiger partial charge in [-0.25, -0.2) is 0 Å². The second kappa shape index (κ2) is 5.11. The van der Waals surface area contributed by atoms with Gasteiger partial charge in [-0.3, -0.25) is 0 Å². The van der Waals surface area contributed by atoms with Gasteiger partial charge in [0.05, 0.1) is 12.7 Å². The highest BCUT2D eigenvalue weighted by molar-refractivity contribution is 7.15. The van der Waals surface area contributed by atoms with E-state index >= 15 is 0 Å². The predicted molar refractivity (Wildman–Crippen MR) is 51.0 cm³/mol. The van der Waals surface area contributed by atoms with Crippen LogP contribution in [0.4, 0.5) is 5.13 Å². The molecule has 1 aromatic heterocycles. The van der Waals surface area contributed by atoms with Gasteiger partial charge in [0.2, 0.25) is 5.13 Å². The van der Waals surface area contributed by atoms with E-state index in [0.29, 0.717) is 13.2 Å². The molecule has 0 radical (unpaired) electrons. The Morgan fingerprint density at radius 2 is 2.38 bits per heavy atom. The molecule has 1 atom stereocenters. The monoisotopic (exact) mass is 203 g/mol. The highest BCUT2D eigenvalue weighted by Crippen LogP contribution is 2.13. The zero-order chi connectivity index (χ0) is 9.68. The first-order chi connectivity index (χ1) is 6.22. The summed E-state index contributed by atoms with van der Waals surface area (Å²) in [6.45, 7) is 2.64.